The Hall–Kier alpha value is -2.90. The third-order valence-corrected chi connectivity index (χ3v) is 2.40. The lowest BCUT2D eigenvalue weighted by molar-refractivity contribution is -0.384. The van der Waals surface area contributed by atoms with E-state index in [1.807, 2.05) is 0 Å². The summed E-state index contributed by atoms with van der Waals surface area (Å²) < 4.78 is 9.82. The normalized spacial score (nSPS) is 10.3. The molecule has 8 nitrogen and oxygen atoms in total. The highest BCUT2D eigenvalue weighted by Crippen LogP contribution is 2.29. The largest absolute Gasteiger partial charge is 0.494 e. The van der Waals surface area contributed by atoms with Crippen LogP contribution in [0.4, 0.5) is 11.4 Å². The number of allylic oxidation sites excluding steroid dienone is 1. The molecule has 1 rings (SSSR count). The number of carbonyl (C=O) groups excluding carboxylic acids is 2. The molecule has 0 aliphatic heterocycles. The summed E-state index contributed by atoms with van der Waals surface area (Å²) in [6.07, 6.45) is 2.63. The fourth-order valence-corrected chi connectivity index (χ4v) is 1.53. The van der Waals surface area contributed by atoms with E-state index in [-0.39, 0.29) is 11.4 Å². The molecule has 0 aliphatic rings. The number of hydrogen-bond acceptors (Lipinski definition) is 6. The fraction of sp³-hybridized carbons (Fsp3) is 0.286. The maximum Gasteiger partial charge on any atom is 0.330 e. The van der Waals surface area contributed by atoms with Gasteiger partial charge in [-0.25, -0.2) is 4.79 Å². The number of nitrogens with one attached hydrogen (secondary N) is 1. The Morgan fingerprint density at radius 1 is 1.41 bits per heavy atom. The Morgan fingerprint density at radius 2 is 2.14 bits per heavy atom. The van der Waals surface area contributed by atoms with Crippen molar-refractivity contribution in [1.29, 1.82) is 0 Å². The van der Waals surface area contributed by atoms with Crippen molar-refractivity contribution in [3.8, 4) is 5.75 Å². The zero-order valence-electron chi connectivity index (χ0n) is 12.2. The number of esters is 1. The molecule has 0 atom stereocenters. The Morgan fingerprint density at radius 3 is 2.73 bits per heavy atom. The summed E-state index contributed by atoms with van der Waals surface area (Å²) in [4.78, 5) is 33.1. The molecule has 1 aromatic rings. The van der Waals surface area contributed by atoms with Crippen molar-refractivity contribution in [3.05, 3.63) is 40.5 Å². The fourth-order valence-electron chi connectivity index (χ4n) is 1.53. The summed E-state index contributed by atoms with van der Waals surface area (Å²) in [5, 5.41) is 13.3. The van der Waals surface area contributed by atoms with Gasteiger partial charge in [0, 0.05) is 6.08 Å². The SMILES string of the molecule is C/C=C/C(=O)OCC(=O)Nc1ccc(OCC)cc1[N+](=O)[O-]. The van der Waals surface area contributed by atoms with Gasteiger partial charge in [-0.1, -0.05) is 6.08 Å². The molecule has 0 radical (unpaired) electrons. The molecule has 0 aromatic heterocycles. The van der Waals surface area contributed by atoms with Crippen molar-refractivity contribution >= 4 is 23.3 Å². The van der Waals surface area contributed by atoms with Crippen LogP contribution in [0.5, 0.6) is 5.75 Å². The van der Waals surface area contributed by atoms with Crippen LogP contribution in [-0.2, 0) is 14.3 Å². The Bertz CT molecular complexity index is 597. The second-order valence-corrected chi connectivity index (χ2v) is 4.02. The van der Waals surface area contributed by atoms with Crippen LogP contribution in [0, 0.1) is 10.1 Å². The summed E-state index contributed by atoms with van der Waals surface area (Å²) in [5.41, 5.74) is -0.306. The average molecular weight is 308 g/mol. The zero-order chi connectivity index (χ0) is 16.5. The molecule has 0 saturated heterocycles. The molecule has 1 N–H and O–H groups in total. The van der Waals surface area contributed by atoms with Crippen LogP contribution in [0.1, 0.15) is 13.8 Å². The predicted octanol–water partition coefficient (Wildman–Crippen LogP) is 2.05. The number of benzene rings is 1. The van der Waals surface area contributed by atoms with Gasteiger partial charge in [0.25, 0.3) is 11.6 Å². The van der Waals surface area contributed by atoms with Gasteiger partial charge in [-0.15, -0.1) is 0 Å². The maximum atomic E-state index is 11.6. The lowest BCUT2D eigenvalue weighted by Gasteiger charge is -2.08. The molecule has 22 heavy (non-hydrogen) atoms. The summed E-state index contributed by atoms with van der Waals surface area (Å²) in [5.74, 6) is -1.02. The molecule has 8 heteroatoms. The van der Waals surface area contributed by atoms with Crippen LogP contribution in [0.3, 0.4) is 0 Å². The van der Waals surface area contributed by atoms with E-state index in [1.54, 1.807) is 13.8 Å². The monoisotopic (exact) mass is 308 g/mol. The number of ether oxygens (including phenoxy) is 2. The van der Waals surface area contributed by atoms with Crippen LogP contribution in [0.2, 0.25) is 0 Å². The second kappa shape index (κ2) is 8.40. The standard InChI is InChI=1S/C14H16N2O6/c1-3-5-14(18)22-9-13(17)15-11-7-6-10(21-4-2)8-12(11)16(19)20/h3,5-8H,4,9H2,1-2H3,(H,15,17)/b5-3+. The van der Waals surface area contributed by atoms with Crippen molar-refractivity contribution in [2.24, 2.45) is 0 Å². The van der Waals surface area contributed by atoms with E-state index in [1.165, 1.54) is 24.3 Å². The number of carbonyl (C=O) groups is 2. The topological polar surface area (TPSA) is 108 Å². The lowest BCUT2D eigenvalue weighted by atomic mass is 10.2. The van der Waals surface area contributed by atoms with E-state index in [2.05, 4.69) is 10.1 Å². The van der Waals surface area contributed by atoms with Crippen LogP contribution in [0.25, 0.3) is 0 Å². The van der Waals surface area contributed by atoms with Gasteiger partial charge in [0.05, 0.1) is 17.6 Å². The minimum atomic E-state index is -0.676. The molecule has 0 saturated carbocycles. The van der Waals surface area contributed by atoms with Gasteiger partial charge in [-0.2, -0.15) is 0 Å². The first-order valence-corrected chi connectivity index (χ1v) is 6.48. The number of nitrogens with zero attached hydrogens (tertiary/aromatic N) is 1. The molecular formula is C14H16N2O6. The molecule has 1 amide bonds. The highest BCUT2D eigenvalue weighted by molar-refractivity contribution is 5.95. The molecule has 0 unspecified atom stereocenters. The van der Waals surface area contributed by atoms with Crippen LogP contribution < -0.4 is 10.1 Å². The molecule has 0 bridgehead atoms. The minimum Gasteiger partial charge on any atom is -0.494 e. The van der Waals surface area contributed by atoms with Gasteiger partial charge < -0.3 is 14.8 Å². The Labute approximate surface area is 126 Å². The molecule has 0 heterocycles. The summed E-state index contributed by atoms with van der Waals surface area (Å²) in [6, 6.07) is 4.07. The summed E-state index contributed by atoms with van der Waals surface area (Å²) in [7, 11) is 0. The van der Waals surface area contributed by atoms with Crippen LogP contribution in [-0.4, -0.2) is 30.0 Å². The Kier molecular flexibility index (Phi) is 6.55. The number of hydrogen-bond donors (Lipinski definition) is 1. The van der Waals surface area contributed by atoms with E-state index >= 15 is 0 Å². The average Bonchev–Trinajstić information content (AvgIpc) is 2.47. The smallest absolute Gasteiger partial charge is 0.330 e. The number of rotatable bonds is 7. The minimum absolute atomic E-state index is 0.000496. The predicted molar refractivity (Wildman–Crippen MR) is 78.7 cm³/mol. The molecule has 0 fully saturated rings. The van der Waals surface area contributed by atoms with Gasteiger partial charge in [-0.05, 0) is 26.0 Å². The van der Waals surface area contributed by atoms with Gasteiger partial charge in [0.15, 0.2) is 6.61 Å². The van der Waals surface area contributed by atoms with Gasteiger partial charge in [0.1, 0.15) is 11.4 Å². The van der Waals surface area contributed by atoms with E-state index in [9.17, 15) is 19.7 Å². The number of nitro groups is 1. The van der Waals surface area contributed by atoms with Gasteiger partial charge >= 0.3 is 5.97 Å². The Balaban J connectivity index is 2.77. The molecule has 118 valence electrons. The van der Waals surface area contributed by atoms with Crippen LogP contribution in [0.15, 0.2) is 30.4 Å². The first-order chi connectivity index (χ1) is 10.5. The van der Waals surface area contributed by atoms with E-state index in [0.29, 0.717) is 12.4 Å². The van der Waals surface area contributed by atoms with E-state index in [0.717, 1.165) is 6.08 Å². The quantitative estimate of drug-likeness (QED) is 0.357. The second-order valence-electron chi connectivity index (χ2n) is 4.02. The van der Waals surface area contributed by atoms with E-state index in [4.69, 9.17) is 4.74 Å². The third kappa shape index (κ3) is 5.23. The van der Waals surface area contributed by atoms with Gasteiger partial charge in [-0.3, -0.25) is 14.9 Å². The molecule has 1 aromatic carbocycles. The van der Waals surface area contributed by atoms with E-state index < -0.39 is 23.4 Å². The molecule has 0 spiro atoms. The highest BCUT2D eigenvalue weighted by Gasteiger charge is 2.17. The van der Waals surface area contributed by atoms with Crippen LogP contribution >= 0.6 is 0 Å². The van der Waals surface area contributed by atoms with Crippen molar-refractivity contribution < 1.29 is 24.0 Å². The first-order valence-electron chi connectivity index (χ1n) is 6.48. The molecular weight excluding hydrogens is 292 g/mol. The number of amides is 1. The summed E-state index contributed by atoms with van der Waals surface area (Å²) in [6.45, 7) is 3.21. The van der Waals surface area contributed by atoms with Crippen molar-refractivity contribution in [2.75, 3.05) is 18.5 Å². The highest BCUT2D eigenvalue weighted by atomic mass is 16.6. The zero-order valence-corrected chi connectivity index (χ0v) is 12.2. The van der Waals surface area contributed by atoms with Crippen molar-refractivity contribution in [3.63, 3.8) is 0 Å². The maximum absolute atomic E-state index is 11.6. The third-order valence-electron chi connectivity index (χ3n) is 2.40. The number of anilines is 1. The molecule has 0 aliphatic carbocycles. The van der Waals surface area contributed by atoms with Crippen molar-refractivity contribution in [2.45, 2.75) is 13.8 Å². The number of nitro benzene ring substituents is 1. The lowest BCUT2D eigenvalue weighted by Crippen LogP contribution is -2.20. The summed E-state index contributed by atoms with van der Waals surface area (Å²) >= 11 is 0. The first kappa shape index (κ1) is 17.2. The van der Waals surface area contributed by atoms with Crippen molar-refractivity contribution in [1.82, 2.24) is 0 Å². The van der Waals surface area contributed by atoms with Gasteiger partial charge in [0.2, 0.25) is 0 Å².